The quantitative estimate of drug-likeness (QED) is 0.761. The van der Waals surface area contributed by atoms with E-state index in [0.29, 0.717) is 0 Å². The molecule has 2 heterocycles. The van der Waals surface area contributed by atoms with Gasteiger partial charge in [0.2, 0.25) is 0 Å². The van der Waals surface area contributed by atoms with Gasteiger partial charge in [-0.05, 0) is 48.7 Å². The first-order valence-electron chi connectivity index (χ1n) is 6.51. The van der Waals surface area contributed by atoms with Crippen LogP contribution >= 0.6 is 22.7 Å². The molecule has 0 bridgehead atoms. The number of hydrogen-bond acceptors (Lipinski definition) is 4. The third-order valence-electron chi connectivity index (χ3n) is 3.48. The molecule has 0 fully saturated rings. The van der Waals surface area contributed by atoms with Gasteiger partial charge in [0.15, 0.2) is 0 Å². The van der Waals surface area contributed by atoms with Crippen molar-refractivity contribution in [3.05, 3.63) is 51.7 Å². The highest BCUT2D eigenvalue weighted by Crippen LogP contribution is 2.36. The van der Waals surface area contributed by atoms with Gasteiger partial charge in [-0.3, -0.25) is 0 Å². The van der Waals surface area contributed by atoms with E-state index in [1.165, 1.54) is 25.4 Å². The smallest absolute Gasteiger partial charge is 0.121 e. The number of hydrogen-bond donors (Lipinski definition) is 1. The maximum atomic E-state index is 5.34. The van der Waals surface area contributed by atoms with Crippen molar-refractivity contribution in [2.45, 2.75) is 13.0 Å². The summed E-state index contributed by atoms with van der Waals surface area (Å²) in [4.78, 5) is 1.36. The first-order valence-corrected chi connectivity index (χ1v) is 8.21. The molecule has 3 rings (SSSR count). The standard InChI is InChI=1S/C16H17NOS2/c1-10-8-11(4-5-12(10)18-3)16(17-2)15-9-14-13(20-15)6-7-19-14/h4-9,16-17H,1-3H3. The first-order chi connectivity index (χ1) is 9.72. The van der Waals surface area contributed by atoms with E-state index in [2.05, 4.69) is 41.9 Å². The Kier molecular flexibility index (Phi) is 3.78. The maximum absolute atomic E-state index is 5.34. The lowest BCUT2D eigenvalue weighted by Crippen LogP contribution is -2.16. The molecule has 1 unspecified atom stereocenters. The van der Waals surface area contributed by atoms with Crippen molar-refractivity contribution < 1.29 is 4.74 Å². The van der Waals surface area contributed by atoms with Crippen molar-refractivity contribution in [3.63, 3.8) is 0 Å². The van der Waals surface area contributed by atoms with E-state index in [9.17, 15) is 0 Å². The zero-order valence-electron chi connectivity index (χ0n) is 11.8. The van der Waals surface area contributed by atoms with Crippen molar-refractivity contribution in [1.82, 2.24) is 5.32 Å². The second kappa shape index (κ2) is 5.56. The normalized spacial score (nSPS) is 12.8. The lowest BCUT2D eigenvalue weighted by atomic mass is 10.0. The molecule has 2 aromatic heterocycles. The SMILES string of the molecule is CNC(c1ccc(OC)c(C)c1)c1cc2sccc2s1. The Balaban J connectivity index is 2.00. The van der Waals surface area contributed by atoms with Crippen LogP contribution < -0.4 is 10.1 Å². The van der Waals surface area contributed by atoms with Gasteiger partial charge >= 0.3 is 0 Å². The fourth-order valence-corrected chi connectivity index (χ4v) is 4.74. The second-order valence-electron chi connectivity index (χ2n) is 4.75. The zero-order chi connectivity index (χ0) is 14.1. The molecule has 0 radical (unpaired) electrons. The van der Waals surface area contributed by atoms with Gasteiger partial charge in [0.05, 0.1) is 13.2 Å². The average Bonchev–Trinajstić information content (AvgIpc) is 3.01. The molecule has 104 valence electrons. The van der Waals surface area contributed by atoms with Crippen LogP contribution in [0.3, 0.4) is 0 Å². The predicted molar refractivity (Wildman–Crippen MR) is 88.3 cm³/mol. The molecule has 3 aromatic rings. The number of benzene rings is 1. The summed E-state index contributed by atoms with van der Waals surface area (Å²) in [6, 6.07) is 11.1. The minimum absolute atomic E-state index is 0.240. The number of thiophene rings is 2. The number of rotatable bonds is 4. The third kappa shape index (κ3) is 2.35. The highest BCUT2D eigenvalue weighted by atomic mass is 32.1. The van der Waals surface area contributed by atoms with Crippen LogP contribution in [0, 0.1) is 6.92 Å². The lowest BCUT2D eigenvalue weighted by molar-refractivity contribution is 0.411. The number of ether oxygens (including phenoxy) is 1. The fraction of sp³-hybridized carbons (Fsp3) is 0.250. The van der Waals surface area contributed by atoms with Crippen molar-refractivity contribution in [3.8, 4) is 5.75 Å². The van der Waals surface area contributed by atoms with E-state index in [1.54, 1.807) is 18.4 Å². The molecule has 0 aliphatic rings. The Morgan fingerprint density at radius 3 is 2.65 bits per heavy atom. The van der Waals surface area contributed by atoms with Crippen LogP contribution in [0.5, 0.6) is 5.75 Å². The molecule has 0 spiro atoms. The minimum Gasteiger partial charge on any atom is -0.496 e. The van der Waals surface area contributed by atoms with Crippen LogP contribution in [0.15, 0.2) is 35.7 Å². The van der Waals surface area contributed by atoms with E-state index < -0.39 is 0 Å². The van der Waals surface area contributed by atoms with Crippen LogP contribution in [0.4, 0.5) is 0 Å². The van der Waals surface area contributed by atoms with Gasteiger partial charge in [0.25, 0.3) is 0 Å². The topological polar surface area (TPSA) is 21.3 Å². The molecule has 4 heteroatoms. The number of methoxy groups -OCH3 is 1. The van der Waals surface area contributed by atoms with Crippen molar-refractivity contribution >= 4 is 32.1 Å². The van der Waals surface area contributed by atoms with E-state index in [1.807, 2.05) is 24.5 Å². The molecule has 20 heavy (non-hydrogen) atoms. The summed E-state index contributed by atoms with van der Waals surface area (Å²) in [5.41, 5.74) is 2.45. The Morgan fingerprint density at radius 2 is 2.00 bits per heavy atom. The molecule has 0 aliphatic carbocycles. The summed E-state index contributed by atoms with van der Waals surface area (Å²) in [6.07, 6.45) is 0. The van der Waals surface area contributed by atoms with Crippen molar-refractivity contribution in [1.29, 1.82) is 0 Å². The summed E-state index contributed by atoms with van der Waals surface area (Å²) in [5.74, 6) is 0.941. The number of fused-ring (bicyclic) bond motifs is 1. The molecular weight excluding hydrogens is 286 g/mol. The van der Waals surface area contributed by atoms with Gasteiger partial charge in [-0.25, -0.2) is 0 Å². The van der Waals surface area contributed by atoms with Crippen LogP contribution in [-0.4, -0.2) is 14.2 Å². The third-order valence-corrected chi connectivity index (χ3v) is 5.64. The minimum atomic E-state index is 0.240. The van der Waals surface area contributed by atoms with Crippen molar-refractivity contribution in [2.24, 2.45) is 0 Å². The van der Waals surface area contributed by atoms with Crippen LogP contribution in [-0.2, 0) is 0 Å². The Labute approximate surface area is 127 Å². The van der Waals surface area contributed by atoms with Crippen LogP contribution in [0.2, 0.25) is 0 Å². The summed E-state index contributed by atoms with van der Waals surface area (Å²) in [5, 5.41) is 5.57. The summed E-state index contributed by atoms with van der Waals surface area (Å²) >= 11 is 3.67. The molecule has 0 saturated heterocycles. The van der Waals surface area contributed by atoms with Crippen molar-refractivity contribution in [2.75, 3.05) is 14.2 Å². The molecule has 2 nitrogen and oxygen atoms in total. The number of aryl methyl sites for hydroxylation is 1. The van der Waals surface area contributed by atoms with Gasteiger partial charge in [-0.15, -0.1) is 22.7 Å². The summed E-state index contributed by atoms with van der Waals surface area (Å²) in [6.45, 7) is 2.09. The largest absolute Gasteiger partial charge is 0.496 e. The Bertz CT molecular complexity index is 700. The Morgan fingerprint density at radius 1 is 1.15 bits per heavy atom. The summed E-state index contributed by atoms with van der Waals surface area (Å²) < 4.78 is 8.08. The monoisotopic (exact) mass is 303 g/mol. The highest BCUT2D eigenvalue weighted by Gasteiger charge is 2.16. The first kappa shape index (κ1) is 13.6. The van der Waals surface area contributed by atoms with Crippen LogP contribution in [0.1, 0.15) is 22.0 Å². The highest BCUT2D eigenvalue weighted by molar-refractivity contribution is 7.27. The predicted octanol–water partition coefficient (Wildman–Crippen LogP) is 4.59. The molecule has 0 amide bonds. The molecule has 1 atom stereocenters. The van der Waals surface area contributed by atoms with Gasteiger partial charge < -0.3 is 10.1 Å². The van der Waals surface area contributed by atoms with E-state index in [0.717, 1.165) is 5.75 Å². The molecule has 1 aromatic carbocycles. The Hall–Kier alpha value is -1.36. The fourth-order valence-electron chi connectivity index (χ4n) is 2.48. The molecular formula is C16H17NOS2. The maximum Gasteiger partial charge on any atom is 0.121 e. The van der Waals surface area contributed by atoms with E-state index in [4.69, 9.17) is 4.74 Å². The number of nitrogens with one attached hydrogen (secondary N) is 1. The van der Waals surface area contributed by atoms with Gasteiger partial charge in [0.1, 0.15) is 5.75 Å². The molecule has 0 saturated carbocycles. The van der Waals surface area contributed by atoms with Crippen LogP contribution in [0.25, 0.3) is 9.40 Å². The second-order valence-corrected chi connectivity index (χ2v) is 6.81. The van der Waals surface area contributed by atoms with Gasteiger partial charge in [-0.2, -0.15) is 0 Å². The molecule has 1 N–H and O–H groups in total. The van der Waals surface area contributed by atoms with E-state index >= 15 is 0 Å². The van der Waals surface area contributed by atoms with Gasteiger partial charge in [0, 0.05) is 14.3 Å². The van der Waals surface area contributed by atoms with Gasteiger partial charge in [-0.1, -0.05) is 12.1 Å². The van der Waals surface area contributed by atoms with E-state index in [-0.39, 0.29) is 6.04 Å². The average molecular weight is 303 g/mol. The lowest BCUT2D eigenvalue weighted by Gasteiger charge is -2.16. The zero-order valence-corrected chi connectivity index (χ0v) is 13.4. The summed E-state index contributed by atoms with van der Waals surface area (Å²) in [7, 11) is 3.73. The molecule has 0 aliphatic heterocycles.